The molecule has 5 heteroatoms. The SMILES string of the molecule is CCc1cccc(C(NN)c2snnc2C(C)(C)C)c1. The number of aromatic nitrogens is 2. The van der Waals surface area contributed by atoms with Crippen molar-refractivity contribution in [3.05, 3.63) is 46.0 Å². The summed E-state index contributed by atoms with van der Waals surface area (Å²) < 4.78 is 4.12. The Labute approximate surface area is 124 Å². The van der Waals surface area contributed by atoms with E-state index in [9.17, 15) is 0 Å². The summed E-state index contributed by atoms with van der Waals surface area (Å²) in [6, 6.07) is 8.43. The zero-order valence-corrected chi connectivity index (χ0v) is 13.3. The highest BCUT2D eigenvalue weighted by molar-refractivity contribution is 7.05. The molecule has 0 bridgehead atoms. The van der Waals surface area contributed by atoms with Gasteiger partial charge < -0.3 is 0 Å². The molecule has 1 atom stereocenters. The third-order valence-electron chi connectivity index (χ3n) is 3.35. The van der Waals surface area contributed by atoms with Gasteiger partial charge in [-0.25, -0.2) is 5.43 Å². The van der Waals surface area contributed by atoms with Crippen LogP contribution in [0.1, 0.15) is 55.4 Å². The molecule has 1 heterocycles. The quantitative estimate of drug-likeness (QED) is 0.671. The number of nitrogens with zero attached hydrogens (tertiary/aromatic N) is 2. The second-order valence-corrected chi connectivity index (χ2v) is 6.72. The van der Waals surface area contributed by atoms with Gasteiger partial charge in [0.15, 0.2) is 0 Å². The number of benzene rings is 1. The molecule has 2 aromatic rings. The number of rotatable bonds is 4. The second kappa shape index (κ2) is 5.99. The Hall–Kier alpha value is -1.30. The van der Waals surface area contributed by atoms with Crippen LogP contribution in [0.25, 0.3) is 0 Å². The van der Waals surface area contributed by atoms with E-state index >= 15 is 0 Å². The van der Waals surface area contributed by atoms with Gasteiger partial charge in [0.2, 0.25) is 0 Å². The van der Waals surface area contributed by atoms with Crippen LogP contribution in [0.15, 0.2) is 24.3 Å². The first-order chi connectivity index (χ1) is 9.47. The van der Waals surface area contributed by atoms with Crippen LogP contribution < -0.4 is 11.3 Å². The largest absolute Gasteiger partial charge is 0.271 e. The predicted octanol–water partition coefficient (Wildman–Crippen LogP) is 2.95. The van der Waals surface area contributed by atoms with Crippen molar-refractivity contribution in [2.75, 3.05) is 0 Å². The first kappa shape index (κ1) is 15.1. The molecule has 3 N–H and O–H groups in total. The molecule has 1 aromatic carbocycles. The molecule has 0 spiro atoms. The van der Waals surface area contributed by atoms with Crippen molar-refractivity contribution in [1.82, 2.24) is 15.0 Å². The molecule has 0 fully saturated rings. The molecule has 20 heavy (non-hydrogen) atoms. The van der Waals surface area contributed by atoms with Gasteiger partial charge >= 0.3 is 0 Å². The molecule has 0 amide bonds. The number of nitrogens with one attached hydrogen (secondary N) is 1. The highest BCUT2D eigenvalue weighted by Crippen LogP contribution is 2.33. The maximum absolute atomic E-state index is 5.80. The van der Waals surface area contributed by atoms with E-state index in [1.807, 2.05) is 0 Å². The molecule has 0 aliphatic heterocycles. The summed E-state index contributed by atoms with van der Waals surface area (Å²) in [4.78, 5) is 1.09. The van der Waals surface area contributed by atoms with Crippen molar-refractivity contribution in [3.8, 4) is 0 Å². The summed E-state index contributed by atoms with van der Waals surface area (Å²) in [6.45, 7) is 8.58. The number of nitrogens with two attached hydrogens (primary N) is 1. The minimum absolute atomic E-state index is 0.0419. The molecule has 0 saturated heterocycles. The fourth-order valence-electron chi connectivity index (χ4n) is 2.22. The van der Waals surface area contributed by atoms with Crippen LogP contribution in [0.5, 0.6) is 0 Å². The van der Waals surface area contributed by atoms with Crippen LogP contribution in [-0.2, 0) is 11.8 Å². The molecule has 1 aromatic heterocycles. The first-order valence-electron chi connectivity index (χ1n) is 6.85. The van der Waals surface area contributed by atoms with Gasteiger partial charge in [0.05, 0.1) is 16.6 Å². The van der Waals surface area contributed by atoms with Crippen molar-refractivity contribution in [3.63, 3.8) is 0 Å². The Kier molecular flexibility index (Phi) is 4.52. The lowest BCUT2D eigenvalue weighted by atomic mass is 9.88. The maximum Gasteiger partial charge on any atom is 0.0861 e. The van der Waals surface area contributed by atoms with Crippen molar-refractivity contribution < 1.29 is 0 Å². The van der Waals surface area contributed by atoms with E-state index < -0.39 is 0 Å². The van der Waals surface area contributed by atoms with Gasteiger partial charge in [0, 0.05) is 5.41 Å². The van der Waals surface area contributed by atoms with Crippen LogP contribution in [0.3, 0.4) is 0 Å². The summed E-state index contributed by atoms with van der Waals surface area (Å²) in [5.41, 5.74) is 6.34. The highest BCUT2D eigenvalue weighted by Gasteiger charge is 2.27. The molecule has 0 aliphatic rings. The van der Waals surface area contributed by atoms with Crippen LogP contribution in [0, 0.1) is 0 Å². The summed E-state index contributed by atoms with van der Waals surface area (Å²) in [5, 5.41) is 4.30. The topological polar surface area (TPSA) is 63.8 Å². The van der Waals surface area contributed by atoms with Crippen molar-refractivity contribution in [2.24, 2.45) is 5.84 Å². The number of hydrogen-bond donors (Lipinski definition) is 2. The molecule has 0 aliphatic carbocycles. The molecule has 4 nitrogen and oxygen atoms in total. The van der Waals surface area contributed by atoms with E-state index in [2.05, 4.69) is 67.0 Å². The Morgan fingerprint density at radius 1 is 1.35 bits per heavy atom. The lowest BCUT2D eigenvalue weighted by molar-refractivity contribution is 0.543. The van der Waals surface area contributed by atoms with Gasteiger partial charge in [0.25, 0.3) is 0 Å². The number of aryl methyl sites for hydroxylation is 1. The Balaban J connectivity index is 2.45. The number of hydrazine groups is 1. The van der Waals surface area contributed by atoms with Crippen LogP contribution in [0.4, 0.5) is 0 Å². The van der Waals surface area contributed by atoms with Crippen molar-refractivity contribution >= 4 is 11.5 Å². The van der Waals surface area contributed by atoms with E-state index in [-0.39, 0.29) is 11.5 Å². The summed E-state index contributed by atoms with van der Waals surface area (Å²) in [5.74, 6) is 5.80. The summed E-state index contributed by atoms with van der Waals surface area (Å²) >= 11 is 1.41. The van der Waals surface area contributed by atoms with Gasteiger partial charge in [-0.2, -0.15) is 0 Å². The number of hydrogen-bond acceptors (Lipinski definition) is 5. The fraction of sp³-hybridized carbons (Fsp3) is 0.467. The molecule has 1 unspecified atom stereocenters. The summed E-state index contributed by atoms with van der Waals surface area (Å²) in [6.07, 6.45) is 1.01. The van der Waals surface area contributed by atoms with Crippen molar-refractivity contribution in [2.45, 2.75) is 45.6 Å². The van der Waals surface area contributed by atoms with Crippen LogP contribution in [-0.4, -0.2) is 9.59 Å². The molecular formula is C15H22N4S. The van der Waals surface area contributed by atoms with Gasteiger partial charge in [-0.05, 0) is 29.1 Å². The molecular weight excluding hydrogens is 268 g/mol. The van der Waals surface area contributed by atoms with E-state index in [0.29, 0.717) is 0 Å². The molecule has 108 valence electrons. The average molecular weight is 290 g/mol. The average Bonchev–Trinajstić information content (AvgIpc) is 2.89. The van der Waals surface area contributed by atoms with Gasteiger partial charge in [-0.15, -0.1) is 5.10 Å². The Bertz CT molecular complexity index is 571. The smallest absolute Gasteiger partial charge is 0.0861 e. The minimum atomic E-state index is -0.0595. The highest BCUT2D eigenvalue weighted by atomic mass is 32.1. The molecule has 2 rings (SSSR count). The molecule has 0 saturated carbocycles. The molecule has 0 radical (unpaired) electrons. The predicted molar refractivity (Wildman–Crippen MR) is 83.6 cm³/mol. The van der Waals surface area contributed by atoms with Gasteiger partial charge in [-0.1, -0.05) is 56.4 Å². The van der Waals surface area contributed by atoms with Gasteiger partial charge in [0.1, 0.15) is 0 Å². The van der Waals surface area contributed by atoms with E-state index in [0.717, 1.165) is 22.6 Å². The third kappa shape index (κ3) is 3.06. The zero-order chi connectivity index (χ0) is 14.8. The first-order valence-corrected chi connectivity index (χ1v) is 7.62. The fourth-order valence-corrected chi connectivity index (χ4v) is 3.18. The standard InChI is InChI=1S/C15H22N4S/c1-5-10-7-6-8-11(9-10)12(17-16)13-14(15(2,3)4)18-19-20-13/h6-9,12,17H,5,16H2,1-4H3. The third-order valence-corrected chi connectivity index (χ3v) is 4.13. The van der Waals surface area contributed by atoms with Crippen LogP contribution in [0.2, 0.25) is 0 Å². The Morgan fingerprint density at radius 3 is 2.70 bits per heavy atom. The van der Waals surface area contributed by atoms with Gasteiger partial charge in [-0.3, -0.25) is 5.84 Å². The van der Waals surface area contributed by atoms with Crippen molar-refractivity contribution in [1.29, 1.82) is 0 Å². The Morgan fingerprint density at radius 2 is 2.10 bits per heavy atom. The van der Waals surface area contributed by atoms with E-state index in [1.54, 1.807) is 0 Å². The lowest BCUT2D eigenvalue weighted by Gasteiger charge is -2.22. The minimum Gasteiger partial charge on any atom is -0.271 e. The summed E-state index contributed by atoms with van der Waals surface area (Å²) in [7, 11) is 0. The maximum atomic E-state index is 5.80. The normalized spacial score (nSPS) is 13.4. The zero-order valence-electron chi connectivity index (χ0n) is 12.5. The second-order valence-electron chi connectivity index (χ2n) is 5.93. The lowest BCUT2D eigenvalue weighted by Crippen LogP contribution is -2.30. The monoisotopic (exact) mass is 290 g/mol. The van der Waals surface area contributed by atoms with E-state index in [4.69, 9.17) is 5.84 Å². The van der Waals surface area contributed by atoms with E-state index in [1.165, 1.54) is 17.1 Å². The van der Waals surface area contributed by atoms with Crippen LogP contribution >= 0.6 is 11.5 Å².